The zero-order valence-corrected chi connectivity index (χ0v) is 16.7. The molecular weight excluding hydrogens is 451 g/mol. The summed E-state index contributed by atoms with van der Waals surface area (Å²) in [6.45, 7) is 1.60. The third-order valence-corrected chi connectivity index (χ3v) is 4.38. The van der Waals surface area contributed by atoms with Crippen LogP contribution in [0.2, 0.25) is 0 Å². The highest BCUT2D eigenvalue weighted by atomic mass is 127. The standard InChI is InChI=1S/C19H17IO6/c1-11-14(17(23)19(25-3)18(24-2)16(11)22)10-13-6-4-12(5-7-13)8-9-15(21)26-20/h4-9H,10H2,1-3H3/b9-8+. The largest absolute Gasteiger partial charge is 0.489 e. The highest BCUT2D eigenvalue weighted by Gasteiger charge is 2.34. The number of ether oxygens (including phenoxy) is 2. The Bertz CT molecular complexity index is 830. The van der Waals surface area contributed by atoms with Crippen LogP contribution in [0.5, 0.6) is 0 Å². The van der Waals surface area contributed by atoms with Gasteiger partial charge in [-0.05, 0) is 24.1 Å². The predicted molar refractivity (Wildman–Crippen MR) is 103 cm³/mol. The lowest BCUT2D eigenvalue weighted by Crippen LogP contribution is -2.25. The van der Waals surface area contributed by atoms with E-state index in [4.69, 9.17) is 9.47 Å². The van der Waals surface area contributed by atoms with Gasteiger partial charge < -0.3 is 12.5 Å². The summed E-state index contributed by atoms with van der Waals surface area (Å²) in [6.07, 6.45) is 3.24. The monoisotopic (exact) mass is 468 g/mol. The number of Topliss-reactive ketones (excluding diaryl/α,β-unsaturated/α-hetero) is 2. The van der Waals surface area contributed by atoms with Crippen LogP contribution >= 0.6 is 23.0 Å². The molecule has 0 bridgehead atoms. The van der Waals surface area contributed by atoms with Crippen molar-refractivity contribution in [1.29, 1.82) is 0 Å². The highest BCUT2D eigenvalue weighted by molar-refractivity contribution is 14.1. The normalized spacial score (nSPS) is 14.9. The molecule has 7 heteroatoms. The summed E-state index contributed by atoms with van der Waals surface area (Å²) >= 11 is 1.52. The second kappa shape index (κ2) is 8.79. The molecule has 26 heavy (non-hydrogen) atoms. The van der Waals surface area contributed by atoms with Crippen LogP contribution in [-0.2, 0) is 33.3 Å². The van der Waals surface area contributed by atoms with Crippen LogP contribution < -0.4 is 0 Å². The maximum absolute atomic E-state index is 12.6. The molecule has 0 spiro atoms. The SMILES string of the molecule is COC1=C(OC)C(=O)C(Cc2ccc(/C=C/C(=O)OI)cc2)=C(C)C1=O. The molecule has 6 nitrogen and oxygen atoms in total. The fourth-order valence-corrected chi connectivity index (χ4v) is 2.69. The van der Waals surface area contributed by atoms with Gasteiger partial charge in [0.1, 0.15) is 0 Å². The van der Waals surface area contributed by atoms with E-state index in [1.54, 1.807) is 13.0 Å². The molecule has 0 aliphatic heterocycles. The predicted octanol–water partition coefficient (Wildman–Crippen LogP) is 3.11. The lowest BCUT2D eigenvalue weighted by atomic mass is 9.89. The van der Waals surface area contributed by atoms with E-state index in [0.717, 1.165) is 11.1 Å². The van der Waals surface area contributed by atoms with E-state index in [0.29, 0.717) is 17.6 Å². The molecule has 0 amide bonds. The van der Waals surface area contributed by atoms with Crippen LogP contribution in [-0.4, -0.2) is 31.8 Å². The fraction of sp³-hybridized carbons (Fsp3) is 0.211. The number of halogens is 1. The van der Waals surface area contributed by atoms with E-state index >= 15 is 0 Å². The van der Waals surface area contributed by atoms with Crippen molar-refractivity contribution < 1.29 is 26.9 Å². The Morgan fingerprint density at radius 1 is 1.04 bits per heavy atom. The van der Waals surface area contributed by atoms with Crippen LogP contribution in [0.3, 0.4) is 0 Å². The zero-order valence-electron chi connectivity index (χ0n) is 14.5. The number of methoxy groups -OCH3 is 2. The van der Waals surface area contributed by atoms with Gasteiger partial charge >= 0.3 is 5.97 Å². The molecule has 1 aromatic carbocycles. The Labute approximate surface area is 165 Å². The second-order valence-electron chi connectivity index (χ2n) is 5.48. The Balaban J connectivity index is 2.24. The van der Waals surface area contributed by atoms with Crippen LogP contribution in [0.15, 0.2) is 53.0 Å². The van der Waals surface area contributed by atoms with Crippen molar-refractivity contribution in [2.24, 2.45) is 0 Å². The van der Waals surface area contributed by atoms with Gasteiger partial charge in [-0.2, -0.15) is 0 Å². The van der Waals surface area contributed by atoms with E-state index in [1.807, 2.05) is 24.3 Å². The molecule has 0 fully saturated rings. The summed E-state index contributed by atoms with van der Waals surface area (Å²) in [5.41, 5.74) is 2.39. The first kappa shape index (κ1) is 19.9. The van der Waals surface area contributed by atoms with Crippen LogP contribution in [0.1, 0.15) is 18.1 Å². The van der Waals surface area contributed by atoms with Crippen molar-refractivity contribution in [1.82, 2.24) is 0 Å². The molecular formula is C19H17IO6. The first-order chi connectivity index (χ1) is 12.4. The minimum absolute atomic E-state index is 0.0682. The molecule has 0 atom stereocenters. The fourth-order valence-electron chi connectivity index (χ4n) is 2.55. The van der Waals surface area contributed by atoms with Gasteiger partial charge in [-0.1, -0.05) is 24.3 Å². The van der Waals surface area contributed by atoms with Crippen molar-refractivity contribution in [3.63, 3.8) is 0 Å². The average molecular weight is 468 g/mol. The molecule has 136 valence electrons. The number of allylic oxidation sites excluding steroid dienone is 2. The molecule has 0 aromatic heterocycles. The van der Waals surface area contributed by atoms with Gasteiger partial charge in [0.25, 0.3) is 0 Å². The quantitative estimate of drug-likeness (QED) is 0.363. The molecule has 0 saturated carbocycles. The van der Waals surface area contributed by atoms with Gasteiger partial charge in [0.05, 0.1) is 14.2 Å². The topological polar surface area (TPSA) is 78.9 Å². The van der Waals surface area contributed by atoms with E-state index in [9.17, 15) is 14.4 Å². The molecule has 0 N–H and O–H groups in total. The first-order valence-electron chi connectivity index (χ1n) is 7.63. The number of carbonyl (C=O) groups excluding carboxylic acids is 3. The summed E-state index contributed by atoms with van der Waals surface area (Å²) in [5, 5.41) is 0. The van der Waals surface area contributed by atoms with Gasteiger partial charge in [-0.15, -0.1) is 0 Å². The van der Waals surface area contributed by atoms with Crippen molar-refractivity contribution in [2.45, 2.75) is 13.3 Å². The second-order valence-corrected chi connectivity index (χ2v) is 5.92. The Morgan fingerprint density at radius 3 is 2.15 bits per heavy atom. The number of ketones is 2. The molecule has 1 aliphatic rings. The van der Waals surface area contributed by atoms with E-state index < -0.39 is 5.97 Å². The number of benzene rings is 1. The number of hydrogen-bond acceptors (Lipinski definition) is 6. The van der Waals surface area contributed by atoms with Gasteiger partial charge in [-0.3, -0.25) is 9.59 Å². The first-order valence-corrected chi connectivity index (χ1v) is 8.52. The number of rotatable bonds is 6. The third kappa shape index (κ3) is 4.21. The van der Waals surface area contributed by atoms with Crippen LogP contribution in [0.4, 0.5) is 0 Å². The van der Waals surface area contributed by atoms with Crippen molar-refractivity contribution in [3.8, 4) is 0 Å². The minimum atomic E-state index is -0.449. The summed E-state index contributed by atoms with van der Waals surface area (Å²) < 4.78 is 14.6. The lowest BCUT2D eigenvalue weighted by molar-refractivity contribution is -0.126. The number of carbonyl (C=O) groups is 3. The van der Waals surface area contributed by atoms with Crippen molar-refractivity contribution >= 4 is 46.6 Å². The third-order valence-electron chi connectivity index (χ3n) is 3.94. The molecule has 0 unspecified atom stereocenters. The lowest BCUT2D eigenvalue weighted by Gasteiger charge is -2.20. The molecule has 0 radical (unpaired) electrons. The van der Waals surface area contributed by atoms with Gasteiger partial charge in [0, 0.05) is 23.6 Å². The van der Waals surface area contributed by atoms with E-state index in [2.05, 4.69) is 3.07 Å². The molecule has 0 heterocycles. The van der Waals surface area contributed by atoms with Gasteiger partial charge in [0.15, 0.2) is 23.0 Å². The maximum atomic E-state index is 12.6. The Kier molecular flexibility index (Phi) is 6.73. The van der Waals surface area contributed by atoms with E-state index in [1.165, 1.54) is 43.3 Å². The molecule has 1 aliphatic carbocycles. The molecule has 0 saturated heterocycles. The van der Waals surface area contributed by atoms with Crippen LogP contribution in [0.25, 0.3) is 6.08 Å². The van der Waals surface area contributed by atoms with Gasteiger partial charge in [-0.25, -0.2) is 4.79 Å². The summed E-state index contributed by atoms with van der Waals surface area (Å²) in [7, 11) is 2.66. The zero-order chi connectivity index (χ0) is 19.3. The molecule has 2 rings (SSSR count). The van der Waals surface area contributed by atoms with Crippen LogP contribution in [0, 0.1) is 0 Å². The summed E-state index contributed by atoms with van der Waals surface area (Å²) in [5.74, 6) is -1.29. The smallest absolute Gasteiger partial charge is 0.340 e. The number of hydrogen-bond donors (Lipinski definition) is 0. The van der Waals surface area contributed by atoms with Crippen molar-refractivity contribution in [3.05, 3.63) is 64.1 Å². The van der Waals surface area contributed by atoms with Crippen molar-refractivity contribution in [2.75, 3.05) is 14.2 Å². The van der Waals surface area contributed by atoms with E-state index in [-0.39, 0.29) is 23.1 Å². The minimum Gasteiger partial charge on any atom is -0.489 e. The Hall–Kier alpha value is -2.42. The average Bonchev–Trinajstić information content (AvgIpc) is 2.66. The molecule has 1 aromatic rings. The highest BCUT2D eigenvalue weighted by Crippen LogP contribution is 2.28. The Morgan fingerprint density at radius 2 is 1.62 bits per heavy atom. The van der Waals surface area contributed by atoms with Gasteiger partial charge in [0.2, 0.25) is 23.1 Å². The maximum Gasteiger partial charge on any atom is 0.340 e. The summed E-state index contributed by atoms with van der Waals surface area (Å²) in [4.78, 5) is 36.1. The summed E-state index contributed by atoms with van der Waals surface area (Å²) in [6, 6.07) is 7.28.